The molecule has 10 nitrogen and oxygen atoms in total. The van der Waals surface area contributed by atoms with Gasteiger partial charge in [-0.1, -0.05) is 12.1 Å². The molecule has 1 amide bonds. The highest BCUT2D eigenvalue weighted by Crippen LogP contribution is 2.28. The number of para-hydroxylation sites is 1. The summed E-state index contributed by atoms with van der Waals surface area (Å²) in [4.78, 5) is 35.8. The molecule has 0 aliphatic carbocycles. The van der Waals surface area contributed by atoms with Gasteiger partial charge in [-0.2, -0.15) is 5.10 Å². The van der Waals surface area contributed by atoms with E-state index in [9.17, 15) is 19.7 Å². The molecule has 1 aromatic carbocycles. The second-order valence-corrected chi connectivity index (χ2v) is 6.70. The number of nitro groups is 1. The third-order valence-corrected chi connectivity index (χ3v) is 4.48. The number of hydrogen-bond donors (Lipinski definition) is 1. The summed E-state index contributed by atoms with van der Waals surface area (Å²) in [6.07, 6.45) is 0. The van der Waals surface area contributed by atoms with E-state index in [0.29, 0.717) is 11.4 Å². The Morgan fingerprint density at radius 1 is 1.17 bits per heavy atom. The lowest BCUT2D eigenvalue weighted by atomic mass is 10.1. The number of aromatic nitrogens is 4. The Morgan fingerprint density at radius 3 is 2.52 bits per heavy atom. The van der Waals surface area contributed by atoms with Crippen LogP contribution in [0.15, 0.2) is 41.2 Å². The predicted octanol–water partition coefficient (Wildman–Crippen LogP) is 2.46. The molecule has 1 unspecified atom stereocenters. The fourth-order valence-electron chi connectivity index (χ4n) is 2.97. The van der Waals surface area contributed by atoms with E-state index in [1.807, 2.05) is 19.9 Å². The summed E-state index contributed by atoms with van der Waals surface area (Å²) in [5, 5.41) is 22.4. The van der Waals surface area contributed by atoms with Crippen LogP contribution < -0.4 is 10.9 Å². The summed E-state index contributed by atoms with van der Waals surface area (Å²) in [5.41, 5.74) is 1.56. The molecule has 0 saturated carbocycles. The lowest BCUT2D eigenvalue weighted by Crippen LogP contribution is -2.34. The van der Waals surface area contributed by atoms with Crippen LogP contribution in [-0.4, -0.2) is 30.4 Å². The maximum atomic E-state index is 12.8. The van der Waals surface area contributed by atoms with Gasteiger partial charge in [-0.3, -0.25) is 19.7 Å². The number of rotatable bonds is 5. The third kappa shape index (κ3) is 3.91. The summed E-state index contributed by atoms with van der Waals surface area (Å²) in [7, 11) is 0. The molecule has 0 fully saturated rings. The van der Waals surface area contributed by atoms with Crippen LogP contribution in [0.4, 0.5) is 11.4 Å². The van der Waals surface area contributed by atoms with Crippen LogP contribution in [0.5, 0.6) is 0 Å². The molecule has 2 aromatic heterocycles. The molecule has 10 heteroatoms. The molecule has 0 aliphatic heterocycles. The SMILES string of the molecule is Cc1cc(C)n(-c2ccc(=O)n(C(C)C(=O)Nc3c(C)cccc3[N+](=O)[O-])n2)n1. The minimum atomic E-state index is -1.00. The Balaban J connectivity index is 1.95. The number of benzene rings is 1. The Labute approximate surface area is 165 Å². The van der Waals surface area contributed by atoms with Crippen molar-refractivity contribution in [3.63, 3.8) is 0 Å². The predicted molar refractivity (Wildman–Crippen MR) is 106 cm³/mol. The molecule has 3 aromatic rings. The van der Waals surface area contributed by atoms with Gasteiger partial charge in [-0.15, -0.1) is 5.10 Å². The molecule has 29 heavy (non-hydrogen) atoms. The first-order chi connectivity index (χ1) is 13.7. The molecule has 0 bridgehead atoms. The maximum Gasteiger partial charge on any atom is 0.293 e. The lowest BCUT2D eigenvalue weighted by Gasteiger charge is -2.16. The van der Waals surface area contributed by atoms with Crippen LogP contribution in [-0.2, 0) is 4.79 Å². The van der Waals surface area contributed by atoms with Gasteiger partial charge < -0.3 is 5.32 Å². The van der Waals surface area contributed by atoms with Gasteiger partial charge in [0.1, 0.15) is 11.7 Å². The van der Waals surface area contributed by atoms with Gasteiger partial charge >= 0.3 is 0 Å². The standard InChI is InChI=1S/C19H20N6O4/c1-11-6-5-7-15(25(28)29)18(11)20-19(27)14(4)24-17(26)9-8-16(22-24)23-13(3)10-12(2)21-23/h5-10,14H,1-4H3,(H,20,27). The van der Waals surface area contributed by atoms with Gasteiger partial charge in [-0.25, -0.2) is 9.36 Å². The molecule has 3 rings (SSSR count). The van der Waals surface area contributed by atoms with Crippen molar-refractivity contribution in [2.75, 3.05) is 5.32 Å². The number of aryl methyl sites for hydroxylation is 3. The highest BCUT2D eigenvalue weighted by molar-refractivity contribution is 5.96. The van der Waals surface area contributed by atoms with Crippen molar-refractivity contribution < 1.29 is 9.72 Å². The number of nitro benzene ring substituents is 1. The van der Waals surface area contributed by atoms with Crippen molar-refractivity contribution >= 4 is 17.3 Å². The molecule has 0 aliphatic rings. The molecule has 2 heterocycles. The van der Waals surface area contributed by atoms with Gasteiger partial charge in [0, 0.05) is 17.8 Å². The van der Waals surface area contributed by atoms with Crippen LogP contribution in [0.3, 0.4) is 0 Å². The first-order valence-corrected chi connectivity index (χ1v) is 8.87. The molecule has 1 atom stereocenters. The summed E-state index contributed by atoms with van der Waals surface area (Å²) in [6.45, 7) is 6.84. The second kappa shape index (κ2) is 7.66. The Kier molecular flexibility index (Phi) is 5.26. The summed E-state index contributed by atoms with van der Waals surface area (Å²) < 4.78 is 2.60. The Hall–Kier alpha value is -3.82. The van der Waals surface area contributed by atoms with Gasteiger partial charge in [-0.05, 0) is 45.4 Å². The number of nitrogens with zero attached hydrogens (tertiary/aromatic N) is 5. The van der Waals surface area contributed by atoms with E-state index in [0.717, 1.165) is 16.1 Å². The average Bonchev–Trinajstić information content (AvgIpc) is 3.01. The first-order valence-electron chi connectivity index (χ1n) is 8.87. The minimum absolute atomic E-state index is 0.0945. The highest BCUT2D eigenvalue weighted by atomic mass is 16.6. The summed E-state index contributed by atoms with van der Waals surface area (Å²) >= 11 is 0. The Bertz CT molecular complexity index is 1160. The van der Waals surface area contributed by atoms with Crippen molar-refractivity contribution in [3.8, 4) is 5.82 Å². The van der Waals surface area contributed by atoms with E-state index in [-0.39, 0.29) is 11.4 Å². The number of nitrogens with one attached hydrogen (secondary N) is 1. The number of carbonyl (C=O) groups is 1. The van der Waals surface area contributed by atoms with Gasteiger partial charge in [0.25, 0.3) is 11.2 Å². The monoisotopic (exact) mass is 396 g/mol. The van der Waals surface area contributed by atoms with E-state index >= 15 is 0 Å². The van der Waals surface area contributed by atoms with Gasteiger partial charge in [0.05, 0.1) is 10.6 Å². The fraction of sp³-hybridized carbons (Fsp3) is 0.263. The summed E-state index contributed by atoms with van der Waals surface area (Å²) in [6, 6.07) is 8.19. The van der Waals surface area contributed by atoms with E-state index < -0.39 is 22.4 Å². The quantitative estimate of drug-likeness (QED) is 0.522. The molecule has 150 valence electrons. The van der Waals surface area contributed by atoms with E-state index in [4.69, 9.17) is 0 Å². The van der Waals surface area contributed by atoms with Crippen molar-refractivity contribution in [1.82, 2.24) is 19.6 Å². The van der Waals surface area contributed by atoms with E-state index in [1.54, 1.807) is 17.7 Å². The topological polar surface area (TPSA) is 125 Å². The van der Waals surface area contributed by atoms with Crippen LogP contribution in [0.1, 0.15) is 29.9 Å². The molecular formula is C19H20N6O4. The highest BCUT2D eigenvalue weighted by Gasteiger charge is 2.23. The number of hydrogen-bond acceptors (Lipinski definition) is 6. The maximum absolute atomic E-state index is 12.8. The average molecular weight is 396 g/mol. The molecule has 0 spiro atoms. The van der Waals surface area contributed by atoms with Crippen LogP contribution in [0.2, 0.25) is 0 Å². The minimum Gasteiger partial charge on any atom is -0.318 e. The zero-order valence-electron chi connectivity index (χ0n) is 16.4. The van der Waals surface area contributed by atoms with Crippen molar-refractivity contribution in [1.29, 1.82) is 0 Å². The van der Waals surface area contributed by atoms with E-state index in [1.165, 1.54) is 31.2 Å². The largest absolute Gasteiger partial charge is 0.318 e. The number of anilines is 1. The van der Waals surface area contributed by atoms with E-state index in [2.05, 4.69) is 15.5 Å². The molecule has 0 radical (unpaired) electrons. The van der Waals surface area contributed by atoms with Crippen molar-refractivity contribution in [3.05, 3.63) is 73.8 Å². The normalized spacial score (nSPS) is 11.9. The fourth-order valence-corrected chi connectivity index (χ4v) is 2.97. The first kappa shape index (κ1) is 19.9. The molecule has 1 N–H and O–H groups in total. The second-order valence-electron chi connectivity index (χ2n) is 6.70. The smallest absolute Gasteiger partial charge is 0.293 e. The summed E-state index contributed by atoms with van der Waals surface area (Å²) in [5.74, 6) is -0.209. The lowest BCUT2D eigenvalue weighted by molar-refractivity contribution is -0.384. The number of amides is 1. The van der Waals surface area contributed by atoms with Crippen LogP contribution >= 0.6 is 0 Å². The molecule has 0 saturated heterocycles. The van der Waals surface area contributed by atoms with Crippen LogP contribution in [0, 0.1) is 30.9 Å². The Morgan fingerprint density at radius 2 is 1.90 bits per heavy atom. The van der Waals surface area contributed by atoms with Gasteiger partial charge in [0.15, 0.2) is 5.82 Å². The van der Waals surface area contributed by atoms with Crippen molar-refractivity contribution in [2.24, 2.45) is 0 Å². The molecular weight excluding hydrogens is 376 g/mol. The van der Waals surface area contributed by atoms with Crippen LogP contribution in [0.25, 0.3) is 5.82 Å². The zero-order chi connectivity index (χ0) is 21.3. The third-order valence-electron chi connectivity index (χ3n) is 4.48. The number of carbonyl (C=O) groups excluding carboxylic acids is 1. The van der Waals surface area contributed by atoms with Crippen molar-refractivity contribution in [2.45, 2.75) is 33.7 Å². The van der Waals surface area contributed by atoms with Gasteiger partial charge in [0.2, 0.25) is 5.91 Å². The zero-order valence-corrected chi connectivity index (χ0v) is 16.4.